The van der Waals surface area contributed by atoms with Crippen molar-refractivity contribution in [1.29, 1.82) is 0 Å². The Kier molecular flexibility index (Phi) is 16.4. The predicted octanol–water partition coefficient (Wildman–Crippen LogP) is 9.32. The van der Waals surface area contributed by atoms with Crippen molar-refractivity contribution in [2.45, 2.75) is 108 Å². The van der Waals surface area contributed by atoms with Crippen LogP contribution < -0.4 is 14.2 Å². The summed E-state index contributed by atoms with van der Waals surface area (Å²) in [7, 11) is 3.14. The van der Waals surface area contributed by atoms with Crippen LogP contribution in [0, 0.1) is 5.92 Å². The van der Waals surface area contributed by atoms with Crippen molar-refractivity contribution >= 4 is 11.8 Å². The summed E-state index contributed by atoms with van der Waals surface area (Å²) in [4.78, 5) is 24.8. The van der Waals surface area contributed by atoms with Gasteiger partial charge in [-0.25, -0.2) is 0 Å². The van der Waals surface area contributed by atoms with Gasteiger partial charge in [0.25, 0.3) is 0 Å². The standard InChI is InChI=1S/C38H51F5O8/c1-5-48-35(45)31(33(44)21-22-37(39,40)38(41,42)43)13-11-9-7-6-8-10-12-14-32-30-20-19-29(51-26-47-4)23-34(30)49-24-36(32,2)27-15-17-28(18-16-27)50-25-46-3/h15-20,23,31-32H,5-14,21-22,24-26H2,1-4H3/t31?,32-,36+/m0/s1. The van der Waals surface area contributed by atoms with Gasteiger partial charge in [0.2, 0.25) is 0 Å². The van der Waals surface area contributed by atoms with E-state index in [1.165, 1.54) is 6.92 Å². The highest BCUT2D eigenvalue weighted by Crippen LogP contribution is 2.50. The van der Waals surface area contributed by atoms with Crippen molar-refractivity contribution in [3.05, 3.63) is 53.6 Å². The SMILES string of the molecule is CCOC(=O)C(CCCCCCCCC[C@H]1c2ccc(OCOC)cc2OC[C@]1(C)c1ccc(OCOC)cc1)C(=O)CCC(F)(F)C(F)(F)F. The number of unbranched alkanes of at least 4 members (excludes halogenated alkanes) is 6. The zero-order valence-electron chi connectivity index (χ0n) is 30.0. The number of ketones is 1. The first-order valence-electron chi connectivity index (χ1n) is 17.5. The molecule has 3 atom stereocenters. The Bertz CT molecular complexity index is 1370. The summed E-state index contributed by atoms with van der Waals surface area (Å²) < 4.78 is 96.8. The molecular weight excluding hydrogens is 679 g/mol. The molecule has 1 aliphatic rings. The molecule has 0 saturated heterocycles. The first-order chi connectivity index (χ1) is 24.3. The average molecular weight is 731 g/mol. The largest absolute Gasteiger partial charge is 0.492 e. The Morgan fingerprint density at radius 1 is 0.863 bits per heavy atom. The quantitative estimate of drug-likeness (QED) is 0.0368. The second-order valence-electron chi connectivity index (χ2n) is 13.1. The van der Waals surface area contributed by atoms with Crippen molar-refractivity contribution in [2.75, 3.05) is 41.0 Å². The van der Waals surface area contributed by atoms with Gasteiger partial charge in [-0.3, -0.25) is 9.59 Å². The Labute approximate surface area is 297 Å². The van der Waals surface area contributed by atoms with Crippen molar-refractivity contribution in [2.24, 2.45) is 5.92 Å². The van der Waals surface area contributed by atoms with Crippen LogP contribution in [0.25, 0.3) is 0 Å². The fraction of sp³-hybridized carbons (Fsp3) is 0.632. The molecule has 0 spiro atoms. The molecule has 1 aliphatic heterocycles. The first kappa shape index (κ1) is 42.0. The van der Waals surface area contributed by atoms with Crippen LogP contribution in [-0.4, -0.2) is 64.9 Å². The lowest BCUT2D eigenvalue weighted by molar-refractivity contribution is -0.284. The maximum Gasteiger partial charge on any atom is 0.453 e. The van der Waals surface area contributed by atoms with Gasteiger partial charge < -0.3 is 28.4 Å². The molecule has 8 nitrogen and oxygen atoms in total. The molecular formula is C38H51F5O8. The minimum absolute atomic E-state index is 0.0279. The molecule has 2 aromatic carbocycles. The third-order valence-corrected chi connectivity index (χ3v) is 9.40. The van der Waals surface area contributed by atoms with E-state index in [9.17, 15) is 31.5 Å². The molecule has 3 rings (SSSR count). The third kappa shape index (κ3) is 12.1. The highest BCUT2D eigenvalue weighted by molar-refractivity contribution is 5.99. The van der Waals surface area contributed by atoms with Gasteiger partial charge in [-0.2, -0.15) is 22.0 Å². The molecule has 1 heterocycles. The smallest absolute Gasteiger partial charge is 0.453 e. The van der Waals surface area contributed by atoms with E-state index < -0.39 is 42.6 Å². The maximum absolute atomic E-state index is 13.4. The van der Waals surface area contributed by atoms with Crippen molar-refractivity contribution < 1.29 is 60.0 Å². The fourth-order valence-electron chi connectivity index (χ4n) is 6.46. The lowest BCUT2D eigenvalue weighted by atomic mass is 9.66. The molecule has 0 amide bonds. The molecule has 0 saturated carbocycles. The Morgan fingerprint density at radius 2 is 1.45 bits per heavy atom. The maximum atomic E-state index is 13.4. The summed E-state index contributed by atoms with van der Waals surface area (Å²) in [6.07, 6.45) is -1.72. The average Bonchev–Trinajstić information content (AvgIpc) is 3.10. The molecule has 0 N–H and O–H groups in total. The van der Waals surface area contributed by atoms with E-state index in [1.54, 1.807) is 14.2 Å². The summed E-state index contributed by atoms with van der Waals surface area (Å²) in [5, 5.41) is 0. The molecule has 0 aliphatic carbocycles. The van der Waals surface area contributed by atoms with E-state index in [2.05, 4.69) is 25.1 Å². The van der Waals surface area contributed by atoms with Gasteiger partial charge in [0, 0.05) is 44.5 Å². The lowest BCUT2D eigenvalue weighted by Gasteiger charge is -2.43. The minimum Gasteiger partial charge on any atom is -0.492 e. The van der Waals surface area contributed by atoms with Crippen LogP contribution in [0.3, 0.4) is 0 Å². The van der Waals surface area contributed by atoms with Crippen LogP contribution in [0.15, 0.2) is 42.5 Å². The van der Waals surface area contributed by atoms with Crippen molar-refractivity contribution in [3.8, 4) is 17.2 Å². The topological polar surface area (TPSA) is 89.5 Å². The molecule has 13 heteroatoms. The molecule has 286 valence electrons. The number of rotatable bonds is 23. The Morgan fingerprint density at radius 3 is 2.06 bits per heavy atom. The van der Waals surface area contributed by atoms with Gasteiger partial charge in [-0.15, -0.1) is 0 Å². The number of alkyl halides is 5. The number of carbonyl (C=O) groups is 2. The number of halogens is 5. The number of esters is 1. The number of carbonyl (C=O) groups excluding carboxylic acids is 2. The molecule has 1 unspecified atom stereocenters. The van der Waals surface area contributed by atoms with Crippen molar-refractivity contribution in [3.63, 3.8) is 0 Å². The van der Waals surface area contributed by atoms with Gasteiger partial charge in [0.05, 0.1) is 13.2 Å². The molecule has 0 bridgehead atoms. The van der Waals surface area contributed by atoms with Crippen molar-refractivity contribution in [1.82, 2.24) is 0 Å². The second-order valence-corrected chi connectivity index (χ2v) is 13.1. The van der Waals surface area contributed by atoms with E-state index in [0.717, 1.165) is 55.4 Å². The highest BCUT2D eigenvalue weighted by atomic mass is 19.4. The Hall–Kier alpha value is -3.45. The summed E-state index contributed by atoms with van der Waals surface area (Å²) in [5.74, 6) is -5.84. The molecule has 0 aromatic heterocycles. The number of ether oxygens (including phenoxy) is 6. The highest BCUT2D eigenvalue weighted by Gasteiger charge is 2.57. The van der Waals surface area contributed by atoms with Gasteiger partial charge in [0.15, 0.2) is 13.6 Å². The zero-order valence-corrected chi connectivity index (χ0v) is 30.0. The number of hydrogen-bond acceptors (Lipinski definition) is 8. The van der Waals surface area contributed by atoms with E-state index in [4.69, 9.17) is 28.4 Å². The number of methoxy groups -OCH3 is 2. The fourth-order valence-corrected chi connectivity index (χ4v) is 6.46. The number of benzene rings is 2. The van der Waals surface area contributed by atoms with Crippen LogP contribution in [0.1, 0.15) is 102 Å². The number of hydrogen-bond donors (Lipinski definition) is 0. The first-order valence-corrected chi connectivity index (χ1v) is 17.5. The zero-order chi connectivity index (χ0) is 37.5. The molecule has 2 aromatic rings. The lowest BCUT2D eigenvalue weighted by Crippen LogP contribution is -2.40. The van der Waals surface area contributed by atoms with Crippen LogP contribution in [0.4, 0.5) is 22.0 Å². The van der Waals surface area contributed by atoms with Gasteiger partial charge in [-0.05, 0) is 49.1 Å². The monoisotopic (exact) mass is 730 g/mol. The van der Waals surface area contributed by atoms with Crippen LogP contribution in [-0.2, 0) is 29.2 Å². The minimum atomic E-state index is -5.75. The number of Topliss-reactive ketones (excluding diaryl/α,β-unsaturated/α-hetero) is 1. The van der Waals surface area contributed by atoms with E-state index in [1.807, 2.05) is 24.3 Å². The summed E-state index contributed by atoms with van der Waals surface area (Å²) >= 11 is 0. The van der Waals surface area contributed by atoms with E-state index in [-0.39, 0.29) is 37.9 Å². The summed E-state index contributed by atoms with van der Waals surface area (Å²) in [6.45, 7) is 4.50. The third-order valence-electron chi connectivity index (χ3n) is 9.40. The van der Waals surface area contributed by atoms with Gasteiger partial charge in [0.1, 0.15) is 28.9 Å². The van der Waals surface area contributed by atoms with Crippen LogP contribution in [0.5, 0.6) is 17.2 Å². The summed E-state index contributed by atoms with van der Waals surface area (Å²) in [5.41, 5.74) is 1.94. The molecule has 0 fully saturated rings. The molecule has 51 heavy (non-hydrogen) atoms. The second kappa shape index (κ2) is 20.0. The predicted molar refractivity (Wildman–Crippen MR) is 180 cm³/mol. The normalized spacial score (nSPS) is 18.0. The van der Waals surface area contributed by atoms with Gasteiger partial charge in [-0.1, -0.05) is 70.1 Å². The molecule has 0 radical (unpaired) electrons. The van der Waals surface area contributed by atoms with Gasteiger partial charge >= 0.3 is 18.1 Å². The van der Waals surface area contributed by atoms with E-state index >= 15 is 0 Å². The van der Waals surface area contributed by atoms with Crippen LogP contribution in [0.2, 0.25) is 0 Å². The Balaban J connectivity index is 1.54. The van der Waals surface area contributed by atoms with Crippen LogP contribution >= 0.6 is 0 Å². The van der Waals surface area contributed by atoms with E-state index in [0.29, 0.717) is 30.9 Å². The number of fused-ring (bicyclic) bond motifs is 1. The summed E-state index contributed by atoms with van der Waals surface area (Å²) in [6, 6.07) is 13.9.